The van der Waals surface area contributed by atoms with E-state index in [1.165, 1.54) is 25.7 Å². The van der Waals surface area contributed by atoms with Crippen LogP contribution in [0.4, 0.5) is 0 Å². The molecule has 1 nitrogen and oxygen atoms in total. The average molecular weight is 645 g/mol. The van der Waals surface area contributed by atoms with Crippen molar-refractivity contribution in [2.45, 2.75) is 71.8 Å². The molecule has 37 heavy (non-hydrogen) atoms. The van der Waals surface area contributed by atoms with Gasteiger partial charge >= 0.3 is 0 Å². The maximum absolute atomic E-state index is 12.8. The minimum atomic E-state index is -3.00. The summed E-state index contributed by atoms with van der Waals surface area (Å²) in [6, 6.07) is 21.1. The van der Waals surface area contributed by atoms with Crippen molar-refractivity contribution in [3.05, 3.63) is 70.1 Å². The molecule has 0 amide bonds. The maximum Gasteiger partial charge on any atom is 0.258 e. The normalized spacial score (nSPS) is 35.3. The van der Waals surface area contributed by atoms with Crippen molar-refractivity contribution in [2.24, 2.45) is 46.8 Å². The largest absolute Gasteiger partial charge is 0.424 e. The van der Waals surface area contributed by atoms with Gasteiger partial charge in [-0.2, -0.15) is 0 Å². The second-order valence-electron chi connectivity index (χ2n) is 13.5. The predicted octanol–water partition coefficient (Wildman–Crippen LogP) is 8.50. The lowest BCUT2D eigenvalue weighted by Crippen LogP contribution is -2.65. The summed E-state index contributed by atoms with van der Waals surface area (Å²) in [5, 5.41) is 2.05. The second-order valence-corrected chi connectivity index (χ2v) is 20.2. The molecule has 0 bridgehead atoms. The highest BCUT2D eigenvalue weighted by atomic mass is 79.9. The summed E-state index contributed by atoms with van der Waals surface area (Å²) in [4.78, 5) is 12.8. The SMILES string of the molecule is C[C@H]1CC[C@H](C)[C@H]2[C@@H]1[C@H](CCC(C)(C)[Si](O)(c1ccccc1)c1ccccc1)[C@H](C=C(Br)Br)[C@]1(C)C[C@H]21. The fourth-order valence-corrected chi connectivity index (χ4v) is 13.3. The van der Waals surface area contributed by atoms with E-state index in [0.29, 0.717) is 17.3 Å². The molecule has 0 aliphatic heterocycles. The Kier molecular flexibility index (Phi) is 7.81. The predicted molar refractivity (Wildman–Crippen MR) is 167 cm³/mol. The van der Waals surface area contributed by atoms with Crippen LogP contribution in [-0.2, 0) is 0 Å². The van der Waals surface area contributed by atoms with Crippen molar-refractivity contribution in [3.8, 4) is 0 Å². The smallest absolute Gasteiger partial charge is 0.258 e. The standard InChI is InChI=1S/C33H44Br2OSi/c1-22-16-17-23(2)31-28-21-33(28,5)27(20-29(34)35)26(30(22)31)18-19-32(3,4)37(36,24-12-8-6-9-13-24)25-14-10-7-11-15-25/h6-15,20,22-23,26-28,30-31,36H,16-19,21H2,1-5H3/t22-,23-,26+,27-,28+,30-,31+,33-/m0/s1. The number of rotatable bonds is 7. The quantitative estimate of drug-likeness (QED) is 0.300. The summed E-state index contributed by atoms with van der Waals surface area (Å²) >= 11 is 7.50. The first kappa shape index (κ1) is 27.9. The van der Waals surface area contributed by atoms with E-state index in [9.17, 15) is 4.80 Å². The highest BCUT2D eigenvalue weighted by Gasteiger charge is 2.67. The Morgan fingerprint density at radius 3 is 1.97 bits per heavy atom. The minimum absolute atomic E-state index is 0.198. The van der Waals surface area contributed by atoms with Crippen molar-refractivity contribution < 1.29 is 4.80 Å². The van der Waals surface area contributed by atoms with Crippen LogP contribution >= 0.6 is 31.9 Å². The molecule has 5 rings (SSSR count). The number of fused-ring (bicyclic) bond motifs is 3. The molecular weight excluding hydrogens is 600 g/mol. The first-order chi connectivity index (χ1) is 17.5. The molecule has 0 saturated heterocycles. The molecule has 4 heteroatoms. The van der Waals surface area contributed by atoms with Crippen molar-refractivity contribution in [3.63, 3.8) is 0 Å². The van der Waals surface area contributed by atoms with E-state index in [1.54, 1.807) is 0 Å². The van der Waals surface area contributed by atoms with Crippen molar-refractivity contribution in [1.29, 1.82) is 0 Å². The summed E-state index contributed by atoms with van der Waals surface area (Å²) in [5.41, 5.74) is 0.417. The van der Waals surface area contributed by atoms with Gasteiger partial charge in [0.1, 0.15) is 0 Å². The molecule has 0 heterocycles. The molecule has 3 aliphatic rings. The van der Waals surface area contributed by atoms with Crippen molar-refractivity contribution in [1.82, 2.24) is 0 Å². The lowest BCUT2D eigenvalue weighted by atomic mass is 9.52. The Bertz CT molecular complexity index is 1070. The van der Waals surface area contributed by atoms with Crippen LogP contribution < -0.4 is 10.4 Å². The van der Waals surface area contributed by atoms with E-state index in [1.807, 2.05) is 0 Å². The highest BCUT2D eigenvalue weighted by molar-refractivity contribution is 9.28. The van der Waals surface area contributed by atoms with Gasteiger partial charge in [-0.15, -0.1) is 0 Å². The van der Waals surface area contributed by atoms with E-state index in [2.05, 4.69) is 133 Å². The lowest BCUT2D eigenvalue weighted by Gasteiger charge is -2.53. The summed E-state index contributed by atoms with van der Waals surface area (Å²) in [6.07, 6.45) is 8.86. The van der Waals surface area contributed by atoms with Crippen LogP contribution in [0.5, 0.6) is 0 Å². The van der Waals surface area contributed by atoms with E-state index in [0.717, 1.165) is 49.8 Å². The number of allylic oxidation sites excluding steroid dienone is 1. The Hall–Kier alpha value is -0.683. The topological polar surface area (TPSA) is 20.2 Å². The first-order valence-corrected chi connectivity index (χ1v) is 17.9. The Balaban J connectivity index is 1.52. The van der Waals surface area contributed by atoms with Gasteiger partial charge in [-0.1, -0.05) is 114 Å². The molecule has 3 saturated carbocycles. The summed E-state index contributed by atoms with van der Waals surface area (Å²) < 4.78 is 1.11. The number of hydrogen-bond acceptors (Lipinski definition) is 1. The van der Waals surface area contributed by atoms with Crippen molar-refractivity contribution in [2.75, 3.05) is 0 Å². The van der Waals surface area contributed by atoms with Gasteiger partial charge in [0.15, 0.2) is 0 Å². The third kappa shape index (κ3) is 4.81. The first-order valence-electron chi connectivity index (χ1n) is 14.4. The minimum Gasteiger partial charge on any atom is -0.424 e. The van der Waals surface area contributed by atoms with Gasteiger partial charge in [-0.05, 0) is 113 Å². The maximum atomic E-state index is 12.8. The molecule has 1 N–H and O–H groups in total. The third-order valence-electron chi connectivity index (χ3n) is 11.1. The van der Waals surface area contributed by atoms with Crippen LogP contribution in [0.2, 0.25) is 5.04 Å². The highest BCUT2D eigenvalue weighted by Crippen LogP contribution is 2.73. The zero-order valence-corrected chi connectivity index (χ0v) is 27.3. The molecule has 0 unspecified atom stereocenters. The Morgan fingerprint density at radius 1 is 0.946 bits per heavy atom. The fraction of sp³-hybridized carbons (Fsp3) is 0.576. The molecule has 2 aromatic carbocycles. The third-order valence-corrected chi connectivity index (χ3v) is 16.2. The molecule has 3 aliphatic carbocycles. The zero-order chi connectivity index (χ0) is 26.6. The van der Waals surface area contributed by atoms with Crippen LogP contribution in [0.25, 0.3) is 0 Å². The van der Waals surface area contributed by atoms with Crippen LogP contribution in [-0.4, -0.2) is 13.1 Å². The summed E-state index contributed by atoms with van der Waals surface area (Å²) in [6.45, 7) is 12.3. The fourth-order valence-electron chi connectivity index (χ4n) is 8.98. The Labute approximate surface area is 242 Å². The average Bonchev–Trinajstić information content (AvgIpc) is 3.58. The lowest BCUT2D eigenvalue weighted by molar-refractivity contribution is -0.0355. The van der Waals surface area contributed by atoms with E-state index < -0.39 is 8.32 Å². The van der Waals surface area contributed by atoms with Gasteiger partial charge in [0, 0.05) is 0 Å². The molecule has 3 fully saturated rings. The number of hydrogen-bond donors (Lipinski definition) is 1. The zero-order valence-electron chi connectivity index (χ0n) is 23.1. The van der Waals surface area contributed by atoms with Crippen LogP contribution in [0.1, 0.15) is 66.7 Å². The van der Waals surface area contributed by atoms with Gasteiger partial charge in [-0.25, -0.2) is 0 Å². The van der Waals surface area contributed by atoms with Gasteiger partial charge in [-0.3, -0.25) is 0 Å². The van der Waals surface area contributed by atoms with Crippen LogP contribution in [0.3, 0.4) is 0 Å². The summed E-state index contributed by atoms with van der Waals surface area (Å²) in [7, 11) is -3.00. The van der Waals surface area contributed by atoms with Gasteiger partial charge in [0.25, 0.3) is 8.32 Å². The van der Waals surface area contributed by atoms with E-state index in [4.69, 9.17) is 0 Å². The van der Waals surface area contributed by atoms with Gasteiger partial charge in [0.2, 0.25) is 0 Å². The van der Waals surface area contributed by atoms with Crippen LogP contribution in [0.15, 0.2) is 70.1 Å². The number of halogens is 2. The molecule has 0 spiro atoms. The molecule has 2 aromatic rings. The monoisotopic (exact) mass is 642 g/mol. The second kappa shape index (κ2) is 10.4. The molecule has 0 aromatic heterocycles. The molecular formula is C33H44Br2OSi. The van der Waals surface area contributed by atoms with Gasteiger partial charge < -0.3 is 4.80 Å². The molecule has 8 atom stereocenters. The molecule has 200 valence electrons. The summed E-state index contributed by atoms with van der Waals surface area (Å²) in [5.74, 6) is 5.37. The van der Waals surface area contributed by atoms with Gasteiger partial charge in [0.05, 0.1) is 3.39 Å². The van der Waals surface area contributed by atoms with E-state index >= 15 is 0 Å². The van der Waals surface area contributed by atoms with E-state index in [-0.39, 0.29) is 5.04 Å². The Morgan fingerprint density at radius 2 is 1.46 bits per heavy atom. The van der Waals surface area contributed by atoms with Crippen molar-refractivity contribution >= 4 is 50.6 Å². The van der Waals surface area contributed by atoms with Crippen LogP contribution in [0, 0.1) is 46.8 Å². The number of benzene rings is 2. The molecule has 0 radical (unpaired) electrons.